The molecule has 0 amide bonds. The van der Waals surface area contributed by atoms with Gasteiger partial charge in [0.2, 0.25) is 0 Å². The summed E-state index contributed by atoms with van der Waals surface area (Å²) in [6.07, 6.45) is 5.81. The van der Waals surface area contributed by atoms with Crippen LogP contribution in [0.3, 0.4) is 0 Å². The second kappa shape index (κ2) is 7.62. The highest BCUT2D eigenvalue weighted by molar-refractivity contribution is 9.10. The molecule has 1 N–H and O–H groups in total. The van der Waals surface area contributed by atoms with E-state index in [0.29, 0.717) is 26.5 Å². The lowest BCUT2D eigenvalue weighted by Crippen LogP contribution is -2.00. The minimum Gasteiger partial charge on any atom is -0.338 e. The van der Waals surface area contributed by atoms with Crippen LogP contribution in [0.25, 0.3) is 16.7 Å². The van der Waals surface area contributed by atoms with E-state index in [4.69, 9.17) is 11.6 Å². The minimum atomic E-state index is 0.372. The first-order valence-electron chi connectivity index (χ1n) is 9.18. The molecule has 7 nitrogen and oxygen atoms in total. The Bertz CT molecular complexity index is 1400. The molecule has 0 bridgehead atoms. The molecule has 0 aliphatic carbocycles. The quantitative estimate of drug-likeness (QED) is 0.359. The molecule has 0 aliphatic heterocycles. The van der Waals surface area contributed by atoms with Crippen molar-refractivity contribution in [2.24, 2.45) is 0 Å². The number of anilines is 2. The Morgan fingerprint density at radius 1 is 1.07 bits per heavy atom. The van der Waals surface area contributed by atoms with Crippen molar-refractivity contribution in [3.63, 3.8) is 0 Å². The molecule has 0 atom stereocenters. The smallest absolute Gasteiger partial charge is 0.160 e. The number of pyridine rings is 2. The lowest BCUT2D eigenvalue weighted by atomic mass is 10.0. The van der Waals surface area contributed by atoms with Gasteiger partial charge in [-0.1, -0.05) is 17.7 Å². The van der Waals surface area contributed by atoms with E-state index < -0.39 is 0 Å². The van der Waals surface area contributed by atoms with Gasteiger partial charge >= 0.3 is 0 Å². The molecule has 4 heterocycles. The van der Waals surface area contributed by atoms with E-state index in [-0.39, 0.29) is 0 Å². The van der Waals surface area contributed by atoms with E-state index in [1.54, 1.807) is 10.8 Å². The standard InChI is InChI=1S/C21H15BrClN7/c1-12-6-15(28-21-19-17(24-10-26-21)9-16(22)20(23)29-19)3-2-14(12)7-13-4-5-30-18(8-13)25-11-27-30/h2-6,8-11H,7H2,1H3,(H,24,26,28). The number of nitrogens with zero attached hydrogens (tertiary/aromatic N) is 6. The average Bonchev–Trinajstić information content (AvgIpc) is 3.19. The largest absolute Gasteiger partial charge is 0.338 e. The van der Waals surface area contributed by atoms with E-state index >= 15 is 0 Å². The first kappa shape index (κ1) is 18.9. The van der Waals surface area contributed by atoms with Crippen LogP contribution >= 0.6 is 27.5 Å². The first-order chi connectivity index (χ1) is 14.6. The fraction of sp³-hybridized carbons (Fsp3) is 0.0952. The summed E-state index contributed by atoms with van der Waals surface area (Å²) in [6, 6.07) is 12.2. The lowest BCUT2D eigenvalue weighted by molar-refractivity contribution is 0.953. The van der Waals surface area contributed by atoms with Gasteiger partial charge in [0.05, 0.1) is 9.99 Å². The van der Waals surface area contributed by atoms with Crippen LogP contribution in [0, 0.1) is 6.92 Å². The summed E-state index contributed by atoms with van der Waals surface area (Å²) >= 11 is 9.54. The Labute approximate surface area is 185 Å². The maximum Gasteiger partial charge on any atom is 0.160 e. The third kappa shape index (κ3) is 3.59. The van der Waals surface area contributed by atoms with Crippen LogP contribution in [0.15, 0.2) is 59.7 Å². The number of rotatable bonds is 4. The molecule has 5 aromatic rings. The highest BCUT2D eigenvalue weighted by Gasteiger charge is 2.10. The molecule has 30 heavy (non-hydrogen) atoms. The molecule has 148 valence electrons. The number of aryl methyl sites for hydroxylation is 1. The molecule has 0 fully saturated rings. The van der Waals surface area contributed by atoms with E-state index in [9.17, 15) is 0 Å². The molecule has 0 aliphatic rings. The number of aromatic nitrogens is 6. The summed E-state index contributed by atoms with van der Waals surface area (Å²) in [5.41, 5.74) is 6.69. The van der Waals surface area contributed by atoms with Gasteiger partial charge in [-0.15, -0.1) is 0 Å². The van der Waals surface area contributed by atoms with Crippen LogP contribution in [0.2, 0.25) is 5.15 Å². The van der Waals surface area contributed by atoms with E-state index in [0.717, 1.165) is 17.8 Å². The third-order valence-corrected chi connectivity index (χ3v) is 5.99. The van der Waals surface area contributed by atoms with E-state index in [2.05, 4.69) is 77.5 Å². The van der Waals surface area contributed by atoms with Crippen molar-refractivity contribution in [3.05, 3.63) is 81.6 Å². The average molecular weight is 481 g/mol. The third-order valence-electron chi connectivity index (χ3n) is 4.87. The number of halogens is 2. The predicted molar refractivity (Wildman–Crippen MR) is 120 cm³/mol. The van der Waals surface area contributed by atoms with Gasteiger partial charge in [0.25, 0.3) is 0 Å². The number of hydrogen-bond donors (Lipinski definition) is 1. The van der Waals surface area contributed by atoms with Crippen LogP contribution in [-0.4, -0.2) is 29.5 Å². The molecule has 5 rings (SSSR count). The van der Waals surface area contributed by atoms with Gasteiger partial charge in [0, 0.05) is 11.9 Å². The summed E-state index contributed by atoms with van der Waals surface area (Å²) in [6.45, 7) is 2.10. The van der Waals surface area contributed by atoms with Crippen molar-refractivity contribution in [3.8, 4) is 0 Å². The SMILES string of the molecule is Cc1cc(Nc2ncnc3cc(Br)c(Cl)nc23)ccc1Cc1ccn2ncnc2c1. The van der Waals surface area contributed by atoms with Crippen molar-refractivity contribution >= 4 is 55.7 Å². The second-order valence-corrected chi connectivity index (χ2v) is 8.10. The summed E-state index contributed by atoms with van der Waals surface area (Å²) in [5.74, 6) is 0.610. The topological polar surface area (TPSA) is 80.9 Å². The van der Waals surface area contributed by atoms with E-state index in [1.165, 1.54) is 23.0 Å². The number of benzene rings is 1. The van der Waals surface area contributed by atoms with Crippen molar-refractivity contribution in [2.75, 3.05) is 5.32 Å². The van der Waals surface area contributed by atoms with Crippen LogP contribution in [0.4, 0.5) is 11.5 Å². The Kier molecular flexibility index (Phi) is 4.80. The summed E-state index contributed by atoms with van der Waals surface area (Å²) in [7, 11) is 0. The van der Waals surface area contributed by atoms with Crippen molar-refractivity contribution in [1.82, 2.24) is 29.5 Å². The first-order valence-corrected chi connectivity index (χ1v) is 10.4. The molecular weight excluding hydrogens is 466 g/mol. The van der Waals surface area contributed by atoms with Gasteiger partial charge in [-0.05, 0) is 76.3 Å². The Balaban J connectivity index is 1.42. The van der Waals surface area contributed by atoms with Crippen molar-refractivity contribution in [1.29, 1.82) is 0 Å². The highest BCUT2D eigenvalue weighted by atomic mass is 79.9. The van der Waals surface area contributed by atoms with Crippen LogP contribution < -0.4 is 5.32 Å². The number of nitrogens with one attached hydrogen (secondary N) is 1. The molecule has 0 saturated carbocycles. The molecule has 0 radical (unpaired) electrons. The van der Waals surface area contributed by atoms with Gasteiger partial charge in [-0.2, -0.15) is 5.10 Å². The summed E-state index contributed by atoms with van der Waals surface area (Å²) < 4.78 is 2.46. The van der Waals surface area contributed by atoms with Gasteiger partial charge in [0.15, 0.2) is 11.5 Å². The zero-order valence-corrected chi connectivity index (χ0v) is 18.2. The van der Waals surface area contributed by atoms with Crippen LogP contribution in [0.5, 0.6) is 0 Å². The van der Waals surface area contributed by atoms with E-state index in [1.807, 2.05) is 18.3 Å². The lowest BCUT2D eigenvalue weighted by Gasteiger charge is -2.12. The summed E-state index contributed by atoms with van der Waals surface area (Å²) in [4.78, 5) is 17.3. The Hall–Kier alpha value is -3.10. The van der Waals surface area contributed by atoms with Gasteiger partial charge in [-0.25, -0.2) is 24.5 Å². The minimum absolute atomic E-state index is 0.372. The van der Waals surface area contributed by atoms with Gasteiger partial charge in [-0.3, -0.25) is 0 Å². The maximum absolute atomic E-state index is 6.16. The molecule has 0 saturated heterocycles. The zero-order chi connectivity index (χ0) is 20.7. The Morgan fingerprint density at radius 2 is 1.97 bits per heavy atom. The normalized spacial score (nSPS) is 11.3. The number of hydrogen-bond acceptors (Lipinski definition) is 6. The monoisotopic (exact) mass is 479 g/mol. The van der Waals surface area contributed by atoms with Crippen LogP contribution in [0.1, 0.15) is 16.7 Å². The molecule has 0 unspecified atom stereocenters. The molecule has 9 heteroatoms. The Morgan fingerprint density at radius 3 is 2.83 bits per heavy atom. The molecular formula is C21H15BrClN7. The molecule has 0 spiro atoms. The molecule has 4 aromatic heterocycles. The zero-order valence-electron chi connectivity index (χ0n) is 15.8. The fourth-order valence-electron chi connectivity index (χ4n) is 3.33. The highest BCUT2D eigenvalue weighted by Crippen LogP contribution is 2.29. The maximum atomic E-state index is 6.16. The number of fused-ring (bicyclic) bond motifs is 2. The predicted octanol–water partition coefficient (Wildman–Crippen LogP) is 5.13. The second-order valence-electron chi connectivity index (χ2n) is 6.89. The summed E-state index contributed by atoms with van der Waals surface area (Å²) in [5, 5.41) is 7.85. The van der Waals surface area contributed by atoms with Crippen molar-refractivity contribution < 1.29 is 0 Å². The molecule has 1 aromatic carbocycles. The fourth-order valence-corrected chi connectivity index (χ4v) is 3.77. The van der Waals surface area contributed by atoms with Gasteiger partial charge in [0.1, 0.15) is 23.3 Å². The van der Waals surface area contributed by atoms with Crippen LogP contribution in [-0.2, 0) is 6.42 Å². The van der Waals surface area contributed by atoms with Crippen molar-refractivity contribution in [2.45, 2.75) is 13.3 Å². The van der Waals surface area contributed by atoms with Gasteiger partial charge < -0.3 is 5.32 Å².